The van der Waals surface area contributed by atoms with Crippen molar-refractivity contribution in [2.24, 2.45) is 0 Å². The summed E-state index contributed by atoms with van der Waals surface area (Å²) >= 11 is 0. The molecule has 1 saturated heterocycles. The third-order valence-corrected chi connectivity index (χ3v) is 2.28. The Morgan fingerprint density at radius 2 is 2.00 bits per heavy atom. The number of hydrogen-bond acceptors (Lipinski definition) is 2. The zero-order valence-electron chi connectivity index (χ0n) is 7.14. The first kappa shape index (κ1) is 8.02. The number of rotatable bonds is 2. The Bertz CT molecular complexity index is 138. The molecule has 10 heavy (non-hydrogen) atoms. The average Bonchev–Trinajstić information content (AvgIpc) is 2.41. The molecule has 0 radical (unpaired) electrons. The molecule has 1 fully saturated rings. The second-order valence-electron chi connectivity index (χ2n) is 3.81. The number of ether oxygens (including phenoxy) is 1. The van der Waals surface area contributed by atoms with Gasteiger partial charge in [-0.2, -0.15) is 0 Å². The average molecular weight is 144 g/mol. The second kappa shape index (κ2) is 1.95. The van der Waals surface area contributed by atoms with Gasteiger partial charge in [0.2, 0.25) is 0 Å². The Hall–Kier alpha value is -0.0800. The van der Waals surface area contributed by atoms with Crippen LogP contribution in [0.25, 0.3) is 0 Å². The van der Waals surface area contributed by atoms with Gasteiger partial charge in [0, 0.05) is 0 Å². The van der Waals surface area contributed by atoms with Gasteiger partial charge < -0.3 is 9.84 Å². The summed E-state index contributed by atoms with van der Waals surface area (Å²) in [5.41, 5.74) is -0.733. The first-order valence-electron chi connectivity index (χ1n) is 3.80. The molecule has 0 aromatic rings. The minimum absolute atomic E-state index is 0.0324. The SMILES string of the molecule is CCC(C)(O)C1OC1(C)C. The van der Waals surface area contributed by atoms with Crippen molar-refractivity contribution in [1.82, 2.24) is 0 Å². The molecule has 2 nitrogen and oxygen atoms in total. The number of hydrogen-bond donors (Lipinski definition) is 1. The Kier molecular flexibility index (Phi) is 1.57. The zero-order chi connectivity index (χ0) is 7.99. The summed E-state index contributed by atoms with van der Waals surface area (Å²) < 4.78 is 5.31. The zero-order valence-corrected chi connectivity index (χ0v) is 7.14. The highest BCUT2D eigenvalue weighted by atomic mass is 16.6. The van der Waals surface area contributed by atoms with Gasteiger partial charge in [0.1, 0.15) is 6.10 Å². The van der Waals surface area contributed by atoms with E-state index in [2.05, 4.69) is 0 Å². The van der Waals surface area contributed by atoms with Crippen LogP contribution in [-0.4, -0.2) is 22.4 Å². The highest BCUT2D eigenvalue weighted by Gasteiger charge is 2.56. The maximum atomic E-state index is 9.67. The molecule has 1 aliphatic rings. The van der Waals surface area contributed by atoms with Crippen LogP contribution in [-0.2, 0) is 4.74 Å². The van der Waals surface area contributed by atoms with Gasteiger partial charge in [0.25, 0.3) is 0 Å². The molecule has 0 amide bonds. The molecule has 0 saturated carbocycles. The second-order valence-corrected chi connectivity index (χ2v) is 3.81. The molecule has 0 aromatic heterocycles. The maximum Gasteiger partial charge on any atom is 0.115 e. The summed E-state index contributed by atoms with van der Waals surface area (Å²) in [7, 11) is 0. The van der Waals surface area contributed by atoms with E-state index in [1.54, 1.807) is 0 Å². The van der Waals surface area contributed by atoms with Gasteiger partial charge in [0.05, 0.1) is 11.2 Å². The molecule has 2 atom stereocenters. The molecule has 0 aromatic carbocycles. The lowest BCUT2D eigenvalue weighted by molar-refractivity contribution is 0.0260. The third-order valence-electron chi connectivity index (χ3n) is 2.28. The van der Waals surface area contributed by atoms with E-state index in [9.17, 15) is 5.11 Å². The van der Waals surface area contributed by atoms with Crippen molar-refractivity contribution >= 4 is 0 Å². The third kappa shape index (κ3) is 1.18. The van der Waals surface area contributed by atoms with E-state index in [-0.39, 0.29) is 11.7 Å². The molecule has 1 heterocycles. The van der Waals surface area contributed by atoms with E-state index >= 15 is 0 Å². The minimum Gasteiger partial charge on any atom is -0.387 e. The van der Waals surface area contributed by atoms with Crippen LogP contribution in [0.5, 0.6) is 0 Å². The molecule has 0 aliphatic carbocycles. The molecular weight excluding hydrogens is 128 g/mol. The minimum atomic E-state index is -0.635. The van der Waals surface area contributed by atoms with Gasteiger partial charge in [-0.15, -0.1) is 0 Å². The van der Waals surface area contributed by atoms with Crippen molar-refractivity contribution in [2.75, 3.05) is 0 Å². The lowest BCUT2D eigenvalue weighted by atomic mass is 9.92. The Balaban J connectivity index is 2.54. The summed E-state index contributed by atoms with van der Waals surface area (Å²) in [5.74, 6) is 0. The molecule has 1 aliphatic heterocycles. The fourth-order valence-electron chi connectivity index (χ4n) is 1.33. The standard InChI is InChI=1S/C8H16O2/c1-5-8(4,9)6-7(2,3)10-6/h6,9H,5H2,1-4H3. The van der Waals surface area contributed by atoms with Crippen molar-refractivity contribution in [3.05, 3.63) is 0 Å². The monoisotopic (exact) mass is 144 g/mol. The van der Waals surface area contributed by atoms with Gasteiger partial charge in [-0.05, 0) is 27.2 Å². The van der Waals surface area contributed by atoms with Crippen LogP contribution >= 0.6 is 0 Å². The van der Waals surface area contributed by atoms with Crippen LogP contribution in [0, 0.1) is 0 Å². The molecule has 2 heteroatoms. The highest BCUT2D eigenvalue weighted by molar-refractivity contribution is 5.05. The van der Waals surface area contributed by atoms with Crippen LogP contribution in [0.3, 0.4) is 0 Å². The van der Waals surface area contributed by atoms with E-state index in [0.29, 0.717) is 0 Å². The quantitative estimate of drug-likeness (QED) is 0.593. The Morgan fingerprint density at radius 3 is 2.10 bits per heavy atom. The molecule has 1 N–H and O–H groups in total. The van der Waals surface area contributed by atoms with Crippen LogP contribution in [0.1, 0.15) is 34.1 Å². The summed E-state index contributed by atoms with van der Waals surface area (Å²) in [4.78, 5) is 0. The van der Waals surface area contributed by atoms with Gasteiger partial charge in [-0.25, -0.2) is 0 Å². The van der Waals surface area contributed by atoms with E-state index in [1.165, 1.54) is 0 Å². The fraction of sp³-hybridized carbons (Fsp3) is 1.00. The van der Waals surface area contributed by atoms with E-state index in [0.717, 1.165) is 6.42 Å². The Morgan fingerprint density at radius 1 is 1.60 bits per heavy atom. The fourth-order valence-corrected chi connectivity index (χ4v) is 1.33. The van der Waals surface area contributed by atoms with Crippen molar-refractivity contribution in [3.63, 3.8) is 0 Å². The molecule has 2 unspecified atom stereocenters. The van der Waals surface area contributed by atoms with Crippen LogP contribution in [0.4, 0.5) is 0 Å². The first-order chi connectivity index (χ1) is 4.40. The van der Waals surface area contributed by atoms with Crippen LogP contribution in [0.15, 0.2) is 0 Å². The van der Waals surface area contributed by atoms with Gasteiger partial charge >= 0.3 is 0 Å². The van der Waals surface area contributed by atoms with Gasteiger partial charge in [-0.3, -0.25) is 0 Å². The largest absolute Gasteiger partial charge is 0.387 e. The molecule has 1 rings (SSSR count). The Labute approximate surface area is 62.2 Å². The van der Waals surface area contributed by atoms with E-state index in [4.69, 9.17) is 4.74 Å². The van der Waals surface area contributed by atoms with Crippen molar-refractivity contribution in [1.29, 1.82) is 0 Å². The van der Waals surface area contributed by atoms with Crippen molar-refractivity contribution in [2.45, 2.75) is 51.4 Å². The van der Waals surface area contributed by atoms with Gasteiger partial charge in [-0.1, -0.05) is 6.92 Å². The molecule has 60 valence electrons. The molecule has 0 bridgehead atoms. The summed E-state index contributed by atoms with van der Waals surface area (Å²) in [5, 5.41) is 9.67. The predicted octanol–water partition coefficient (Wildman–Crippen LogP) is 1.32. The highest BCUT2D eigenvalue weighted by Crippen LogP contribution is 2.43. The van der Waals surface area contributed by atoms with Crippen LogP contribution < -0.4 is 0 Å². The van der Waals surface area contributed by atoms with Crippen molar-refractivity contribution < 1.29 is 9.84 Å². The molecular formula is C8H16O2. The lowest BCUT2D eigenvalue weighted by Gasteiger charge is -2.19. The molecule has 0 spiro atoms. The summed E-state index contributed by atoms with van der Waals surface area (Å²) in [6, 6.07) is 0. The van der Waals surface area contributed by atoms with E-state index in [1.807, 2.05) is 27.7 Å². The van der Waals surface area contributed by atoms with Crippen molar-refractivity contribution in [3.8, 4) is 0 Å². The lowest BCUT2D eigenvalue weighted by Crippen LogP contribution is -2.33. The topological polar surface area (TPSA) is 32.8 Å². The first-order valence-corrected chi connectivity index (χ1v) is 3.80. The maximum absolute atomic E-state index is 9.67. The normalized spacial score (nSPS) is 35.1. The number of aliphatic hydroxyl groups is 1. The number of epoxide rings is 1. The predicted molar refractivity (Wildman–Crippen MR) is 39.9 cm³/mol. The smallest absolute Gasteiger partial charge is 0.115 e. The van der Waals surface area contributed by atoms with E-state index < -0.39 is 5.60 Å². The van der Waals surface area contributed by atoms with Crippen LogP contribution in [0.2, 0.25) is 0 Å². The van der Waals surface area contributed by atoms with Gasteiger partial charge in [0.15, 0.2) is 0 Å². The summed E-state index contributed by atoms with van der Waals surface area (Å²) in [6.45, 7) is 7.80. The summed E-state index contributed by atoms with van der Waals surface area (Å²) in [6.07, 6.45) is 0.783.